The van der Waals surface area contributed by atoms with Crippen molar-refractivity contribution in [3.8, 4) is 22.6 Å². The quantitative estimate of drug-likeness (QED) is 0.0399. The van der Waals surface area contributed by atoms with Crippen molar-refractivity contribution in [2.45, 2.75) is 84.0 Å². The zero-order chi connectivity index (χ0) is 38.8. The van der Waals surface area contributed by atoms with E-state index in [1.807, 2.05) is 72.9 Å². The number of amides is 1. The Morgan fingerprint density at radius 2 is 1.49 bits per heavy atom. The Hall–Kier alpha value is -5.76. The Bertz CT molecular complexity index is 1920. The van der Waals surface area contributed by atoms with Gasteiger partial charge in [0, 0.05) is 36.3 Å². The highest BCUT2D eigenvalue weighted by atomic mass is 16.5. The van der Waals surface area contributed by atoms with Crippen LogP contribution in [0.1, 0.15) is 75.4 Å². The van der Waals surface area contributed by atoms with Gasteiger partial charge < -0.3 is 32.0 Å². The number of para-hydroxylation sites is 2. The lowest BCUT2D eigenvalue weighted by Gasteiger charge is -2.23. The molecule has 2 heterocycles. The van der Waals surface area contributed by atoms with Crippen LogP contribution in [0, 0.1) is 5.92 Å². The highest BCUT2D eigenvalue weighted by Gasteiger charge is 2.25. The number of aliphatic imine (C=N–C) groups is 1. The smallest absolute Gasteiger partial charge is 0.245 e. The predicted octanol–water partition coefficient (Wildman–Crippen LogP) is 5.04. The molecule has 0 unspecified atom stereocenters. The van der Waals surface area contributed by atoms with Crippen molar-refractivity contribution in [2.75, 3.05) is 19.7 Å². The van der Waals surface area contributed by atoms with Gasteiger partial charge >= 0.3 is 0 Å². The number of carbonyl (C=O) groups excluding carboxylic acids is 1. The molecular formula is C41H55N11O3. The summed E-state index contributed by atoms with van der Waals surface area (Å²) in [5.41, 5.74) is 21.4. The highest BCUT2D eigenvalue weighted by Crippen LogP contribution is 2.36. The largest absolute Gasteiger partial charge is 0.493 e. The van der Waals surface area contributed by atoms with E-state index in [0.29, 0.717) is 62.9 Å². The van der Waals surface area contributed by atoms with Crippen molar-refractivity contribution in [1.29, 1.82) is 0 Å². The first-order valence-corrected chi connectivity index (χ1v) is 19.1. The van der Waals surface area contributed by atoms with Crippen LogP contribution in [0.25, 0.3) is 11.1 Å². The molecule has 5 aromatic rings. The van der Waals surface area contributed by atoms with Gasteiger partial charge in [-0.15, -0.1) is 10.2 Å². The third-order valence-electron chi connectivity index (χ3n) is 9.08. The third-order valence-corrected chi connectivity index (χ3v) is 9.08. The molecule has 1 amide bonds. The minimum absolute atomic E-state index is 0.00523. The minimum Gasteiger partial charge on any atom is -0.493 e. The molecule has 292 valence electrons. The summed E-state index contributed by atoms with van der Waals surface area (Å²) in [4.78, 5) is 18.2. The number of nitrogens with one attached hydrogen (secondary N) is 1. The standard InChI is InChI=1S/C41H55N11O3/c1-30(2)21-24-54-38-19-8-6-16-35(38)36-17-7-9-20-39(36)55-29-34-28-52(50-48-34)37(18-12-23-45-41(43)44)40(53)46-32(15-10-11-22-42)26-51-27-33(47-49-51)25-31-13-4-3-5-14-31/h3-9,13-14,16-17,19-20,27-28,30,32,37H,10-12,15,18,21-26,29,42H2,1-2H3,(H,46,53)(H4,43,44,45)/t32-,37-/m1/s1. The maximum atomic E-state index is 14.1. The van der Waals surface area contributed by atoms with Crippen LogP contribution in [-0.2, 0) is 24.4 Å². The van der Waals surface area contributed by atoms with E-state index in [-0.39, 0.29) is 24.5 Å². The van der Waals surface area contributed by atoms with Gasteiger partial charge in [0.1, 0.15) is 29.8 Å². The molecule has 0 radical (unpaired) electrons. The maximum absolute atomic E-state index is 14.1. The lowest BCUT2D eigenvalue weighted by Crippen LogP contribution is -2.42. The number of benzene rings is 3. The molecule has 5 rings (SSSR count). The monoisotopic (exact) mass is 749 g/mol. The maximum Gasteiger partial charge on any atom is 0.245 e. The lowest BCUT2D eigenvalue weighted by molar-refractivity contribution is -0.125. The summed E-state index contributed by atoms with van der Waals surface area (Å²) in [7, 11) is 0. The number of unbranched alkanes of at least 4 members (excludes halogenated alkanes) is 1. The number of nitrogens with two attached hydrogens (primary N) is 3. The summed E-state index contributed by atoms with van der Waals surface area (Å²) in [6.07, 6.45) is 8.73. The van der Waals surface area contributed by atoms with E-state index >= 15 is 0 Å². The van der Waals surface area contributed by atoms with Crippen molar-refractivity contribution in [2.24, 2.45) is 28.1 Å². The molecule has 0 saturated heterocycles. The van der Waals surface area contributed by atoms with Gasteiger partial charge in [0.25, 0.3) is 0 Å². The molecule has 0 saturated carbocycles. The molecule has 3 aromatic carbocycles. The fourth-order valence-electron chi connectivity index (χ4n) is 6.18. The van der Waals surface area contributed by atoms with Crippen LogP contribution in [0.4, 0.5) is 0 Å². The number of ether oxygens (including phenoxy) is 2. The third kappa shape index (κ3) is 13.0. The molecule has 0 fully saturated rings. The van der Waals surface area contributed by atoms with Crippen LogP contribution in [0.2, 0.25) is 0 Å². The second kappa shape index (κ2) is 21.2. The Labute approximate surface area is 323 Å². The number of aromatic nitrogens is 6. The predicted molar refractivity (Wildman–Crippen MR) is 214 cm³/mol. The number of nitrogens with zero attached hydrogens (tertiary/aromatic N) is 7. The number of hydrogen-bond donors (Lipinski definition) is 4. The van der Waals surface area contributed by atoms with Crippen LogP contribution in [0.15, 0.2) is 96.2 Å². The van der Waals surface area contributed by atoms with Crippen LogP contribution in [0.3, 0.4) is 0 Å². The van der Waals surface area contributed by atoms with Crippen LogP contribution in [-0.4, -0.2) is 67.6 Å². The van der Waals surface area contributed by atoms with Gasteiger partial charge in [-0.2, -0.15) is 0 Å². The number of hydrogen-bond acceptors (Lipinski definition) is 9. The molecule has 0 aliphatic rings. The average Bonchev–Trinajstić information content (AvgIpc) is 3.84. The first kappa shape index (κ1) is 40.4. The number of carbonyl (C=O) groups is 1. The van der Waals surface area contributed by atoms with Gasteiger partial charge in [-0.05, 0) is 62.3 Å². The second-order valence-corrected chi connectivity index (χ2v) is 14.1. The number of rotatable bonds is 23. The zero-order valence-electron chi connectivity index (χ0n) is 32.0. The van der Waals surface area contributed by atoms with Crippen molar-refractivity contribution in [1.82, 2.24) is 35.3 Å². The van der Waals surface area contributed by atoms with Gasteiger partial charge in [-0.3, -0.25) is 14.5 Å². The van der Waals surface area contributed by atoms with Gasteiger partial charge in [0.15, 0.2) is 5.96 Å². The molecule has 2 aromatic heterocycles. The van der Waals surface area contributed by atoms with E-state index in [1.165, 1.54) is 0 Å². The van der Waals surface area contributed by atoms with Crippen LogP contribution in [0.5, 0.6) is 11.5 Å². The summed E-state index contributed by atoms with van der Waals surface area (Å²) < 4.78 is 15.9. The zero-order valence-corrected chi connectivity index (χ0v) is 32.0. The molecule has 0 aliphatic carbocycles. The lowest BCUT2D eigenvalue weighted by atomic mass is 10.0. The van der Waals surface area contributed by atoms with Gasteiger partial charge in [0.2, 0.25) is 5.91 Å². The summed E-state index contributed by atoms with van der Waals surface area (Å²) >= 11 is 0. The van der Waals surface area contributed by atoms with Gasteiger partial charge in [0.05, 0.1) is 25.0 Å². The van der Waals surface area contributed by atoms with Crippen molar-refractivity contribution < 1.29 is 14.3 Å². The SMILES string of the molecule is CC(C)CCOc1ccccc1-c1ccccc1OCc1cn([C@H](CCCN=C(N)N)C(=O)N[C@H](CCCCN)Cn2cc(Cc3ccccc3)nn2)nn1. The van der Waals surface area contributed by atoms with Crippen molar-refractivity contribution in [3.63, 3.8) is 0 Å². The Kier molecular flexibility index (Phi) is 15.6. The molecule has 0 spiro atoms. The molecule has 0 aliphatic heterocycles. The Morgan fingerprint density at radius 1 is 0.800 bits per heavy atom. The average molecular weight is 750 g/mol. The normalized spacial score (nSPS) is 12.3. The van der Waals surface area contributed by atoms with E-state index < -0.39 is 6.04 Å². The van der Waals surface area contributed by atoms with Crippen LogP contribution < -0.4 is 32.0 Å². The van der Waals surface area contributed by atoms with Gasteiger partial charge in [-0.25, -0.2) is 4.68 Å². The molecule has 14 nitrogen and oxygen atoms in total. The summed E-state index contributed by atoms with van der Waals surface area (Å²) in [6.45, 7) is 6.55. The molecule has 0 bridgehead atoms. The topological polar surface area (TPSA) is 199 Å². The van der Waals surface area contributed by atoms with E-state index in [2.05, 4.69) is 56.9 Å². The van der Waals surface area contributed by atoms with Gasteiger partial charge in [-0.1, -0.05) is 97.4 Å². The highest BCUT2D eigenvalue weighted by molar-refractivity contribution is 5.80. The Morgan fingerprint density at radius 3 is 2.20 bits per heavy atom. The fraction of sp³-hybridized carbons (Fsp3) is 0.415. The minimum atomic E-state index is -0.668. The van der Waals surface area contributed by atoms with Crippen LogP contribution >= 0.6 is 0 Å². The summed E-state index contributed by atoms with van der Waals surface area (Å²) in [5.74, 6) is 1.84. The van der Waals surface area contributed by atoms with E-state index in [9.17, 15) is 4.79 Å². The van der Waals surface area contributed by atoms with Crippen molar-refractivity contribution >= 4 is 11.9 Å². The molecular weight excluding hydrogens is 695 g/mol. The second-order valence-electron chi connectivity index (χ2n) is 14.1. The molecule has 55 heavy (non-hydrogen) atoms. The Balaban J connectivity index is 1.29. The summed E-state index contributed by atoms with van der Waals surface area (Å²) in [6, 6.07) is 25.1. The number of guanidine groups is 1. The van der Waals surface area contributed by atoms with Crippen molar-refractivity contribution in [3.05, 3.63) is 108 Å². The first-order chi connectivity index (χ1) is 26.8. The molecule has 14 heteroatoms. The fourth-order valence-corrected chi connectivity index (χ4v) is 6.18. The van der Waals surface area contributed by atoms with E-state index in [1.54, 1.807) is 15.6 Å². The molecule has 7 N–H and O–H groups in total. The van der Waals surface area contributed by atoms with E-state index in [0.717, 1.165) is 53.8 Å². The summed E-state index contributed by atoms with van der Waals surface area (Å²) in [5, 5.41) is 20.8. The first-order valence-electron chi connectivity index (χ1n) is 19.1. The van der Waals surface area contributed by atoms with E-state index in [4.69, 9.17) is 26.7 Å². The molecule has 2 atom stereocenters.